The number of carboxylic acid groups (broad SMARTS) is 1. The molecule has 0 aliphatic carbocycles. The van der Waals surface area contributed by atoms with Crippen molar-refractivity contribution in [2.45, 2.75) is 27.2 Å². The minimum atomic E-state index is -0.802. The minimum absolute atomic E-state index is 0.390. The van der Waals surface area contributed by atoms with E-state index in [0.717, 1.165) is 15.8 Å². The Hall–Kier alpha value is -1.03. The predicted molar refractivity (Wildman–Crippen MR) is 70.4 cm³/mol. The molecule has 1 N–H and O–H groups in total. The van der Waals surface area contributed by atoms with Crippen molar-refractivity contribution in [2.24, 2.45) is 5.41 Å². The molecule has 0 atom stereocenters. The van der Waals surface area contributed by atoms with E-state index in [-0.39, 0.29) is 0 Å². The Kier molecular flexibility index (Phi) is 4.57. The summed E-state index contributed by atoms with van der Waals surface area (Å²) in [6, 6.07) is 5.81. The highest BCUT2D eigenvalue weighted by molar-refractivity contribution is 9.10. The van der Waals surface area contributed by atoms with Crippen molar-refractivity contribution in [1.82, 2.24) is 0 Å². The molecule has 94 valence electrons. The zero-order valence-corrected chi connectivity index (χ0v) is 11.9. The van der Waals surface area contributed by atoms with Crippen molar-refractivity contribution in [3.63, 3.8) is 0 Å². The molecule has 1 rings (SSSR count). The zero-order valence-electron chi connectivity index (χ0n) is 10.3. The van der Waals surface area contributed by atoms with Crippen LogP contribution in [0.25, 0.3) is 0 Å². The highest BCUT2D eigenvalue weighted by Gasteiger charge is 2.26. The largest absolute Gasteiger partial charge is 0.492 e. The Morgan fingerprint density at radius 2 is 2.12 bits per heavy atom. The molecular formula is C13H17BrO3. The van der Waals surface area contributed by atoms with Crippen LogP contribution in [0.15, 0.2) is 22.7 Å². The van der Waals surface area contributed by atoms with Crippen molar-refractivity contribution in [3.8, 4) is 5.75 Å². The van der Waals surface area contributed by atoms with Crippen LogP contribution in [0.1, 0.15) is 25.8 Å². The zero-order chi connectivity index (χ0) is 13.1. The Balaban J connectivity index is 2.54. The molecule has 4 heteroatoms. The fourth-order valence-electron chi connectivity index (χ4n) is 1.25. The molecule has 0 spiro atoms. The number of aliphatic carboxylic acids is 1. The SMILES string of the molecule is Cc1ccc(OCCC(C)(C)C(=O)O)c(Br)c1. The van der Waals surface area contributed by atoms with E-state index in [9.17, 15) is 4.79 Å². The van der Waals surface area contributed by atoms with Crippen LogP contribution in [-0.2, 0) is 4.79 Å². The number of carboxylic acids is 1. The topological polar surface area (TPSA) is 46.5 Å². The third-order valence-electron chi connectivity index (χ3n) is 2.65. The maximum Gasteiger partial charge on any atom is 0.309 e. The summed E-state index contributed by atoms with van der Waals surface area (Å²) in [5.74, 6) is -0.0548. The molecule has 0 amide bonds. The van der Waals surface area contributed by atoms with E-state index < -0.39 is 11.4 Å². The summed E-state index contributed by atoms with van der Waals surface area (Å²) in [5, 5.41) is 8.96. The number of carbonyl (C=O) groups is 1. The van der Waals surface area contributed by atoms with Crippen molar-refractivity contribution in [3.05, 3.63) is 28.2 Å². The lowest BCUT2D eigenvalue weighted by Crippen LogP contribution is -2.25. The molecule has 0 unspecified atom stereocenters. The fraction of sp³-hybridized carbons (Fsp3) is 0.462. The van der Waals surface area contributed by atoms with Gasteiger partial charge in [0.25, 0.3) is 0 Å². The number of hydrogen-bond acceptors (Lipinski definition) is 2. The van der Waals surface area contributed by atoms with Gasteiger partial charge in [-0.15, -0.1) is 0 Å². The van der Waals surface area contributed by atoms with E-state index >= 15 is 0 Å². The number of halogens is 1. The molecule has 3 nitrogen and oxygen atoms in total. The third-order valence-corrected chi connectivity index (χ3v) is 3.27. The quantitative estimate of drug-likeness (QED) is 0.903. The van der Waals surface area contributed by atoms with E-state index in [4.69, 9.17) is 9.84 Å². The molecule has 0 heterocycles. The van der Waals surface area contributed by atoms with Gasteiger partial charge in [0.1, 0.15) is 5.75 Å². The minimum Gasteiger partial charge on any atom is -0.492 e. The van der Waals surface area contributed by atoms with Gasteiger partial charge in [-0.2, -0.15) is 0 Å². The van der Waals surface area contributed by atoms with Crippen LogP contribution in [0.4, 0.5) is 0 Å². The number of rotatable bonds is 5. The van der Waals surface area contributed by atoms with Gasteiger partial charge in [-0.05, 0) is 60.8 Å². The molecule has 0 aliphatic heterocycles. The fourth-order valence-corrected chi connectivity index (χ4v) is 1.85. The second-order valence-corrected chi connectivity index (χ2v) is 5.58. The molecule has 0 radical (unpaired) electrons. The standard InChI is InChI=1S/C13H17BrO3/c1-9-4-5-11(10(14)8-9)17-7-6-13(2,3)12(15)16/h4-5,8H,6-7H2,1-3H3,(H,15,16). The highest BCUT2D eigenvalue weighted by Crippen LogP contribution is 2.27. The molecule has 0 saturated heterocycles. The second kappa shape index (κ2) is 5.54. The van der Waals surface area contributed by atoms with Crippen LogP contribution < -0.4 is 4.74 Å². The molecule has 0 aliphatic rings. The summed E-state index contributed by atoms with van der Waals surface area (Å²) in [7, 11) is 0. The first-order valence-electron chi connectivity index (χ1n) is 5.45. The number of aryl methyl sites for hydroxylation is 1. The summed E-state index contributed by atoms with van der Waals surface area (Å²) in [6.45, 7) is 5.79. The van der Waals surface area contributed by atoms with Crippen molar-refractivity contribution < 1.29 is 14.6 Å². The summed E-state index contributed by atoms with van der Waals surface area (Å²) in [6.07, 6.45) is 0.475. The maximum atomic E-state index is 10.9. The molecule has 1 aromatic carbocycles. The first-order chi connectivity index (χ1) is 7.83. The highest BCUT2D eigenvalue weighted by atomic mass is 79.9. The maximum absolute atomic E-state index is 10.9. The van der Waals surface area contributed by atoms with E-state index in [2.05, 4.69) is 15.9 Å². The molecular weight excluding hydrogens is 284 g/mol. The number of benzene rings is 1. The van der Waals surface area contributed by atoms with Gasteiger partial charge < -0.3 is 9.84 Å². The number of hydrogen-bond donors (Lipinski definition) is 1. The van der Waals surface area contributed by atoms with E-state index in [1.165, 1.54) is 0 Å². The van der Waals surface area contributed by atoms with E-state index in [1.807, 2.05) is 25.1 Å². The Morgan fingerprint density at radius 1 is 1.47 bits per heavy atom. The average molecular weight is 301 g/mol. The van der Waals surface area contributed by atoms with Crippen LogP contribution in [0.3, 0.4) is 0 Å². The molecule has 0 aromatic heterocycles. The number of ether oxygens (including phenoxy) is 1. The van der Waals surface area contributed by atoms with Gasteiger partial charge in [-0.3, -0.25) is 4.79 Å². The average Bonchev–Trinajstić information content (AvgIpc) is 2.21. The monoisotopic (exact) mass is 300 g/mol. The lowest BCUT2D eigenvalue weighted by atomic mass is 9.90. The normalized spacial score (nSPS) is 11.3. The van der Waals surface area contributed by atoms with Gasteiger partial charge in [0.15, 0.2) is 0 Å². The first kappa shape index (κ1) is 14.0. The first-order valence-corrected chi connectivity index (χ1v) is 6.24. The summed E-state index contributed by atoms with van der Waals surface area (Å²) in [4.78, 5) is 10.9. The molecule has 1 aromatic rings. The smallest absolute Gasteiger partial charge is 0.309 e. The van der Waals surface area contributed by atoms with Crippen molar-refractivity contribution in [2.75, 3.05) is 6.61 Å². The van der Waals surface area contributed by atoms with Crippen molar-refractivity contribution >= 4 is 21.9 Å². The van der Waals surface area contributed by atoms with Crippen LogP contribution >= 0.6 is 15.9 Å². The summed E-state index contributed by atoms with van der Waals surface area (Å²) in [5.41, 5.74) is 0.395. The second-order valence-electron chi connectivity index (χ2n) is 4.72. The third kappa shape index (κ3) is 4.04. The lowest BCUT2D eigenvalue weighted by Gasteiger charge is -2.19. The van der Waals surface area contributed by atoms with E-state index in [0.29, 0.717) is 13.0 Å². The molecule has 0 saturated carbocycles. The van der Waals surface area contributed by atoms with Gasteiger partial charge in [0.2, 0.25) is 0 Å². The van der Waals surface area contributed by atoms with Gasteiger partial charge in [-0.1, -0.05) is 6.07 Å². The Bertz CT molecular complexity index is 413. The predicted octanol–water partition coefficient (Wildman–Crippen LogP) is 3.64. The summed E-state index contributed by atoms with van der Waals surface area (Å²) >= 11 is 3.42. The van der Waals surface area contributed by atoms with E-state index in [1.54, 1.807) is 13.8 Å². The van der Waals surface area contributed by atoms with Gasteiger partial charge in [0.05, 0.1) is 16.5 Å². The van der Waals surface area contributed by atoms with Crippen LogP contribution in [-0.4, -0.2) is 17.7 Å². The summed E-state index contributed by atoms with van der Waals surface area (Å²) < 4.78 is 6.46. The van der Waals surface area contributed by atoms with Crippen LogP contribution in [0.5, 0.6) is 5.75 Å². The van der Waals surface area contributed by atoms with Crippen molar-refractivity contribution in [1.29, 1.82) is 0 Å². The van der Waals surface area contributed by atoms with Crippen LogP contribution in [0, 0.1) is 12.3 Å². The van der Waals surface area contributed by atoms with Gasteiger partial charge in [0, 0.05) is 0 Å². The van der Waals surface area contributed by atoms with Crippen LogP contribution in [0.2, 0.25) is 0 Å². The molecule has 0 fully saturated rings. The van der Waals surface area contributed by atoms with Gasteiger partial charge >= 0.3 is 5.97 Å². The Morgan fingerprint density at radius 3 is 2.65 bits per heavy atom. The molecule has 17 heavy (non-hydrogen) atoms. The lowest BCUT2D eigenvalue weighted by molar-refractivity contribution is -0.147. The molecule has 0 bridgehead atoms. The Labute approximate surface area is 110 Å². The van der Waals surface area contributed by atoms with Gasteiger partial charge in [-0.25, -0.2) is 0 Å².